The molecule has 2 aliphatic heterocycles. The van der Waals surface area contributed by atoms with Gasteiger partial charge in [-0.25, -0.2) is 0 Å². The summed E-state index contributed by atoms with van der Waals surface area (Å²) in [6.07, 6.45) is 0.755. The predicted molar refractivity (Wildman–Crippen MR) is 81.5 cm³/mol. The molecule has 2 saturated heterocycles. The third kappa shape index (κ3) is 3.40. The van der Waals surface area contributed by atoms with Crippen LogP contribution in [0.2, 0.25) is 0 Å². The van der Waals surface area contributed by atoms with E-state index in [1.165, 1.54) is 0 Å². The van der Waals surface area contributed by atoms with Crippen LogP contribution in [-0.2, 0) is 6.42 Å². The average Bonchev–Trinajstić information content (AvgIpc) is 2.47. The van der Waals surface area contributed by atoms with Gasteiger partial charge in [0.25, 0.3) is 5.69 Å². The molecule has 0 amide bonds. The van der Waals surface area contributed by atoms with Crippen LogP contribution in [0.3, 0.4) is 0 Å². The third-order valence-corrected chi connectivity index (χ3v) is 4.49. The minimum absolute atomic E-state index is 0.247. The van der Waals surface area contributed by atoms with Gasteiger partial charge in [-0.3, -0.25) is 19.9 Å². The first-order chi connectivity index (χ1) is 10.2. The van der Waals surface area contributed by atoms with Crippen molar-refractivity contribution in [1.29, 1.82) is 0 Å². The van der Waals surface area contributed by atoms with Crippen molar-refractivity contribution in [2.24, 2.45) is 0 Å². The van der Waals surface area contributed by atoms with Gasteiger partial charge in [0.15, 0.2) is 0 Å². The molecular formula is C15H22N4O2. The van der Waals surface area contributed by atoms with Gasteiger partial charge in [-0.1, -0.05) is 18.2 Å². The number of likely N-dealkylation sites (tertiary alicyclic amines) is 1. The van der Waals surface area contributed by atoms with E-state index >= 15 is 0 Å². The number of hydrogen-bond donors (Lipinski definition) is 1. The molecule has 0 bridgehead atoms. The van der Waals surface area contributed by atoms with E-state index in [4.69, 9.17) is 0 Å². The topological polar surface area (TPSA) is 61.7 Å². The summed E-state index contributed by atoms with van der Waals surface area (Å²) in [4.78, 5) is 15.7. The Bertz CT molecular complexity index is 496. The molecule has 0 aromatic heterocycles. The Morgan fingerprint density at radius 1 is 1.24 bits per heavy atom. The summed E-state index contributed by atoms with van der Waals surface area (Å²) < 4.78 is 0. The maximum atomic E-state index is 11.0. The fourth-order valence-corrected chi connectivity index (χ4v) is 3.18. The molecule has 0 atom stereocenters. The zero-order valence-electron chi connectivity index (χ0n) is 12.2. The molecule has 1 N–H and O–H groups in total. The number of para-hydroxylation sites is 1. The number of nitrogens with zero attached hydrogens (tertiary/aromatic N) is 3. The lowest BCUT2D eigenvalue weighted by Gasteiger charge is -2.46. The number of nitro benzene ring substituents is 1. The summed E-state index contributed by atoms with van der Waals surface area (Å²) in [5.41, 5.74) is 1.09. The number of rotatable bonds is 5. The summed E-state index contributed by atoms with van der Waals surface area (Å²) in [6, 6.07) is 7.74. The molecule has 0 unspecified atom stereocenters. The Labute approximate surface area is 124 Å². The first-order valence-corrected chi connectivity index (χ1v) is 7.63. The van der Waals surface area contributed by atoms with Crippen molar-refractivity contribution >= 4 is 5.69 Å². The highest BCUT2D eigenvalue weighted by Crippen LogP contribution is 2.20. The highest BCUT2D eigenvalue weighted by Gasteiger charge is 2.32. The molecule has 6 heteroatoms. The molecule has 21 heavy (non-hydrogen) atoms. The number of benzene rings is 1. The van der Waals surface area contributed by atoms with Crippen LogP contribution in [-0.4, -0.2) is 66.6 Å². The Morgan fingerprint density at radius 3 is 2.67 bits per heavy atom. The summed E-state index contributed by atoms with van der Waals surface area (Å²) in [7, 11) is 0. The average molecular weight is 290 g/mol. The first kappa shape index (κ1) is 14.4. The lowest BCUT2D eigenvalue weighted by Crippen LogP contribution is -2.62. The highest BCUT2D eigenvalue weighted by atomic mass is 16.6. The second-order valence-electron chi connectivity index (χ2n) is 5.84. The molecule has 6 nitrogen and oxygen atoms in total. The van der Waals surface area contributed by atoms with Gasteiger partial charge < -0.3 is 5.32 Å². The third-order valence-electron chi connectivity index (χ3n) is 4.49. The lowest BCUT2D eigenvalue weighted by molar-refractivity contribution is -0.385. The quantitative estimate of drug-likeness (QED) is 0.640. The molecule has 1 aromatic carbocycles. The van der Waals surface area contributed by atoms with E-state index in [0.717, 1.165) is 57.8 Å². The fraction of sp³-hybridized carbons (Fsp3) is 0.600. The summed E-state index contributed by atoms with van der Waals surface area (Å²) in [5, 5.41) is 14.4. The van der Waals surface area contributed by atoms with Crippen molar-refractivity contribution in [1.82, 2.24) is 15.1 Å². The minimum atomic E-state index is -0.283. The molecule has 1 aromatic rings. The zero-order valence-corrected chi connectivity index (χ0v) is 12.2. The second-order valence-corrected chi connectivity index (χ2v) is 5.84. The van der Waals surface area contributed by atoms with Crippen LogP contribution in [0.25, 0.3) is 0 Å². The fourth-order valence-electron chi connectivity index (χ4n) is 3.18. The van der Waals surface area contributed by atoms with Crippen molar-refractivity contribution in [3.05, 3.63) is 39.9 Å². The number of hydrogen-bond acceptors (Lipinski definition) is 5. The smallest absolute Gasteiger partial charge is 0.272 e. The highest BCUT2D eigenvalue weighted by molar-refractivity contribution is 5.39. The minimum Gasteiger partial charge on any atom is -0.314 e. The zero-order chi connectivity index (χ0) is 14.7. The van der Waals surface area contributed by atoms with Gasteiger partial charge in [-0.15, -0.1) is 0 Å². The largest absolute Gasteiger partial charge is 0.314 e. The standard InChI is InChI=1S/C15H22N4O2/c20-19(21)15-4-2-1-3-13(15)5-8-17-11-14(12-17)18-9-6-16-7-10-18/h1-4,14,16H,5-12H2. The van der Waals surface area contributed by atoms with Gasteiger partial charge >= 0.3 is 0 Å². The number of nitro groups is 1. The first-order valence-electron chi connectivity index (χ1n) is 7.63. The van der Waals surface area contributed by atoms with Crippen molar-refractivity contribution in [2.75, 3.05) is 45.8 Å². The molecule has 0 saturated carbocycles. The van der Waals surface area contributed by atoms with Gasteiger partial charge in [0.1, 0.15) is 0 Å². The molecule has 3 rings (SSSR count). The van der Waals surface area contributed by atoms with Crippen molar-refractivity contribution < 1.29 is 4.92 Å². The van der Waals surface area contributed by atoms with Crippen LogP contribution in [0.15, 0.2) is 24.3 Å². The molecule has 0 aliphatic carbocycles. The molecule has 0 spiro atoms. The second kappa shape index (κ2) is 6.51. The van der Waals surface area contributed by atoms with Gasteiger partial charge in [0.2, 0.25) is 0 Å². The monoisotopic (exact) mass is 290 g/mol. The Balaban J connectivity index is 1.46. The maximum Gasteiger partial charge on any atom is 0.272 e. The molecule has 114 valence electrons. The number of nitrogens with one attached hydrogen (secondary N) is 1. The molecule has 2 fully saturated rings. The van der Waals surface area contributed by atoms with Gasteiger partial charge in [0, 0.05) is 63.5 Å². The van der Waals surface area contributed by atoms with Crippen molar-refractivity contribution in [2.45, 2.75) is 12.5 Å². The molecule has 2 heterocycles. The van der Waals surface area contributed by atoms with Crippen LogP contribution >= 0.6 is 0 Å². The van der Waals surface area contributed by atoms with Crippen molar-refractivity contribution in [3.63, 3.8) is 0 Å². The number of piperazine rings is 1. The van der Waals surface area contributed by atoms with E-state index in [-0.39, 0.29) is 10.6 Å². The van der Waals surface area contributed by atoms with Crippen molar-refractivity contribution in [3.8, 4) is 0 Å². The van der Waals surface area contributed by atoms with Crippen LogP contribution in [0, 0.1) is 10.1 Å². The van der Waals surface area contributed by atoms with E-state index in [9.17, 15) is 10.1 Å². The Hall–Kier alpha value is -1.50. The van der Waals surface area contributed by atoms with E-state index in [1.54, 1.807) is 12.1 Å². The van der Waals surface area contributed by atoms with E-state index < -0.39 is 0 Å². The van der Waals surface area contributed by atoms with Gasteiger partial charge in [-0.05, 0) is 6.42 Å². The van der Waals surface area contributed by atoms with Gasteiger partial charge in [-0.2, -0.15) is 0 Å². The summed E-state index contributed by atoms with van der Waals surface area (Å²) in [6.45, 7) is 7.57. The van der Waals surface area contributed by atoms with Crippen LogP contribution in [0.4, 0.5) is 5.69 Å². The molecule has 0 radical (unpaired) electrons. The van der Waals surface area contributed by atoms with Crippen LogP contribution in [0.1, 0.15) is 5.56 Å². The van der Waals surface area contributed by atoms with Gasteiger partial charge in [0.05, 0.1) is 4.92 Å². The molecule has 2 aliphatic rings. The van der Waals surface area contributed by atoms with E-state index in [2.05, 4.69) is 15.1 Å². The normalized spacial score (nSPS) is 21.1. The molecular weight excluding hydrogens is 268 g/mol. The van der Waals surface area contributed by atoms with Crippen LogP contribution < -0.4 is 5.32 Å². The SMILES string of the molecule is O=[N+]([O-])c1ccccc1CCN1CC(N2CCNCC2)C1. The lowest BCUT2D eigenvalue weighted by atomic mass is 10.0. The van der Waals surface area contributed by atoms with E-state index in [0.29, 0.717) is 6.04 Å². The Kier molecular flexibility index (Phi) is 4.48. The van der Waals surface area contributed by atoms with Crippen LogP contribution in [0.5, 0.6) is 0 Å². The van der Waals surface area contributed by atoms with E-state index in [1.807, 2.05) is 12.1 Å². The maximum absolute atomic E-state index is 11.0. The Morgan fingerprint density at radius 2 is 1.95 bits per heavy atom. The predicted octanol–water partition coefficient (Wildman–Crippen LogP) is 0.727. The summed E-state index contributed by atoms with van der Waals surface area (Å²) >= 11 is 0. The summed E-state index contributed by atoms with van der Waals surface area (Å²) in [5.74, 6) is 0.